The number of rotatable bonds is 9. The average Bonchev–Trinajstić information content (AvgIpc) is 3.38. The fourth-order valence-electron chi connectivity index (χ4n) is 3.42. The molecular weight excluding hydrogens is 344 g/mol. The summed E-state index contributed by atoms with van der Waals surface area (Å²) >= 11 is 0. The van der Waals surface area contributed by atoms with Gasteiger partial charge in [-0.2, -0.15) is 0 Å². The zero-order valence-corrected chi connectivity index (χ0v) is 17.4. The Kier molecular flexibility index (Phi) is 6.08. The number of nitrogens with zero attached hydrogens (tertiary/aromatic N) is 2. The molecule has 1 saturated heterocycles. The van der Waals surface area contributed by atoms with Gasteiger partial charge in [0, 0.05) is 24.1 Å². The predicted octanol–water partition coefficient (Wildman–Crippen LogP) is 3.48. The number of carbonyl (C=O) groups is 1. The van der Waals surface area contributed by atoms with Gasteiger partial charge in [-0.3, -0.25) is 9.69 Å². The zero-order valence-electron chi connectivity index (χ0n) is 17.4. The number of Topliss-reactive ketones (excluding diaryl/α,β-unsaturated/α-hetero) is 1. The van der Waals surface area contributed by atoms with Gasteiger partial charge in [0.05, 0.1) is 24.3 Å². The molecule has 2 heterocycles. The second-order valence-corrected chi connectivity index (χ2v) is 9.17. The second-order valence-electron chi connectivity index (χ2n) is 9.17. The molecule has 1 aromatic heterocycles. The normalized spacial score (nSPS) is 21.6. The molecule has 2 fully saturated rings. The highest BCUT2D eigenvalue weighted by Gasteiger charge is 2.40. The van der Waals surface area contributed by atoms with Crippen molar-refractivity contribution in [2.45, 2.75) is 89.5 Å². The number of likely N-dealkylation sites (N-methyl/N-ethyl adjacent to an activating group) is 1. The van der Waals surface area contributed by atoms with E-state index >= 15 is 0 Å². The van der Waals surface area contributed by atoms with Crippen LogP contribution in [0.2, 0.25) is 0 Å². The first kappa shape index (κ1) is 20.5. The van der Waals surface area contributed by atoms with E-state index in [1.165, 1.54) is 12.8 Å². The molecule has 1 saturated carbocycles. The van der Waals surface area contributed by atoms with Gasteiger partial charge in [0.25, 0.3) is 0 Å². The summed E-state index contributed by atoms with van der Waals surface area (Å²) in [5.74, 6) is 0.776. The molecule has 152 valence electrons. The highest BCUT2D eigenvalue weighted by Crippen LogP contribution is 2.32. The lowest BCUT2D eigenvalue weighted by Gasteiger charge is -2.34. The van der Waals surface area contributed by atoms with E-state index in [1.807, 2.05) is 27.0 Å². The third kappa shape index (κ3) is 4.98. The summed E-state index contributed by atoms with van der Waals surface area (Å²) in [6.45, 7) is 9.41. The summed E-state index contributed by atoms with van der Waals surface area (Å²) in [7, 11) is 2.04. The van der Waals surface area contributed by atoms with Crippen LogP contribution >= 0.6 is 0 Å². The van der Waals surface area contributed by atoms with E-state index in [1.54, 1.807) is 0 Å². The summed E-state index contributed by atoms with van der Waals surface area (Å²) in [5.41, 5.74) is 0.0197. The Morgan fingerprint density at radius 1 is 1.26 bits per heavy atom. The molecule has 0 amide bonds. The van der Waals surface area contributed by atoms with E-state index in [9.17, 15) is 4.79 Å². The lowest BCUT2D eigenvalue weighted by molar-refractivity contribution is -0.170. The SMILES string of the molecule is CN(C1CC1)C(C)(C)C(=O)Cc1cc(C(C)(C)COC2CCCCO2)no1. The Bertz CT molecular complexity index is 642. The Morgan fingerprint density at radius 3 is 2.63 bits per heavy atom. The molecule has 0 spiro atoms. The number of aromatic nitrogens is 1. The van der Waals surface area contributed by atoms with Crippen molar-refractivity contribution in [1.29, 1.82) is 0 Å². The summed E-state index contributed by atoms with van der Waals surface area (Å²) in [6.07, 6.45) is 5.70. The predicted molar refractivity (Wildman–Crippen MR) is 103 cm³/mol. The van der Waals surface area contributed by atoms with Gasteiger partial charge in [-0.05, 0) is 53.0 Å². The molecule has 0 bridgehead atoms. The minimum atomic E-state index is -0.495. The molecule has 1 aliphatic heterocycles. The summed E-state index contributed by atoms with van der Waals surface area (Å²) in [4.78, 5) is 15.0. The van der Waals surface area contributed by atoms with Gasteiger partial charge in [0.15, 0.2) is 12.1 Å². The third-order valence-corrected chi connectivity index (χ3v) is 6.01. The molecule has 2 aliphatic rings. The number of ether oxygens (including phenoxy) is 2. The van der Waals surface area contributed by atoms with Crippen molar-refractivity contribution in [3.05, 3.63) is 17.5 Å². The van der Waals surface area contributed by atoms with Crippen LogP contribution < -0.4 is 0 Å². The van der Waals surface area contributed by atoms with Gasteiger partial charge in [0.2, 0.25) is 0 Å². The number of hydrogen-bond donors (Lipinski definition) is 0. The van der Waals surface area contributed by atoms with Gasteiger partial charge < -0.3 is 14.0 Å². The quantitative estimate of drug-likeness (QED) is 0.655. The lowest BCUT2D eigenvalue weighted by Crippen LogP contribution is -2.49. The van der Waals surface area contributed by atoms with Crippen molar-refractivity contribution in [3.63, 3.8) is 0 Å². The van der Waals surface area contributed by atoms with Crippen molar-refractivity contribution in [1.82, 2.24) is 10.1 Å². The highest BCUT2D eigenvalue weighted by atomic mass is 16.7. The Balaban J connectivity index is 1.57. The van der Waals surface area contributed by atoms with Crippen LogP contribution in [0.15, 0.2) is 10.6 Å². The molecule has 1 aromatic rings. The summed E-state index contributed by atoms with van der Waals surface area (Å²) in [6, 6.07) is 2.43. The van der Waals surface area contributed by atoms with Gasteiger partial charge in [-0.15, -0.1) is 0 Å². The number of ketones is 1. The molecule has 27 heavy (non-hydrogen) atoms. The first-order valence-electron chi connectivity index (χ1n) is 10.2. The van der Waals surface area contributed by atoms with Gasteiger partial charge in [-0.1, -0.05) is 19.0 Å². The highest BCUT2D eigenvalue weighted by molar-refractivity contribution is 5.89. The van der Waals surface area contributed by atoms with E-state index in [2.05, 4.69) is 23.9 Å². The first-order valence-corrected chi connectivity index (χ1v) is 10.2. The van der Waals surface area contributed by atoms with Gasteiger partial charge >= 0.3 is 0 Å². The van der Waals surface area contributed by atoms with E-state index in [4.69, 9.17) is 14.0 Å². The third-order valence-electron chi connectivity index (χ3n) is 6.01. The van der Waals surface area contributed by atoms with Crippen LogP contribution in [0.1, 0.15) is 71.3 Å². The van der Waals surface area contributed by atoms with E-state index in [0.29, 0.717) is 18.4 Å². The van der Waals surface area contributed by atoms with Crippen LogP contribution in [-0.4, -0.2) is 54.0 Å². The molecule has 0 N–H and O–H groups in total. The van der Waals surface area contributed by atoms with Crippen molar-refractivity contribution in [2.24, 2.45) is 0 Å². The van der Waals surface area contributed by atoms with E-state index in [-0.39, 0.29) is 23.9 Å². The summed E-state index contributed by atoms with van der Waals surface area (Å²) < 4.78 is 17.1. The Hall–Kier alpha value is -1.24. The van der Waals surface area contributed by atoms with Crippen LogP contribution in [0, 0.1) is 0 Å². The molecular formula is C21H34N2O4. The average molecular weight is 379 g/mol. The Labute approximate surface area is 162 Å². The van der Waals surface area contributed by atoms with Crippen molar-refractivity contribution >= 4 is 5.78 Å². The molecule has 6 nitrogen and oxygen atoms in total. The van der Waals surface area contributed by atoms with E-state index in [0.717, 1.165) is 31.6 Å². The zero-order chi connectivity index (χ0) is 19.7. The number of hydrogen-bond acceptors (Lipinski definition) is 6. The van der Waals surface area contributed by atoms with Crippen molar-refractivity contribution in [2.75, 3.05) is 20.3 Å². The van der Waals surface area contributed by atoms with Crippen LogP contribution in [-0.2, 0) is 26.1 Å². The molecule has 1 unspecified atom stereocenters. The molecule has 6 heteroatoms. The maximum atomic E-state index is 12.8. The number of carbonyl (C=O) groups excluding carboxylic acids is 1. The topological polar surface area (TPSA) is 64.8 Å². The van der Waals surface area contributed by atoms with E-state index < -0.39 is 5.54 Å². The molecule has 0 radical (unpaired) electrons. The fourth-order valence-corrected chi connectivity index (χ4v) is 3.42. The molecule has 1 aliphatic carbocycles. The van der Waals surface area contributed by atoms with Crippen molar-refractivity contribution < 1.29 is 18.8 Å². The largest absolute Gasteiger partial charge is 0.361 e. The van der Waals surface area contributed by atoms with Crippen LogP contribution in [0.3, 0.4) is 0 Å². The molecule has 0 aromatic carbocycles. The maximum Gasteiger partial charge on any atom is 0.160 e. The molecule has 3 rings (SSSR count). The minimum absolute atomic E-state index is 0.121. The van der Waals surface area contributed by atoms with Crippen LogP contribution in [0.25, 0.3) is 0 Å². The van der Waals surface area contributed by atoms with Crippen molar-refractivity contribution in [3.8, 4) is 0 Å². The fraction of sp³-hybridized carbons (Fsp3) is 0.810. The van der Waals surface area contributed by atoms with Gasteiger partial charge in [-0.25, -0.2) is 0 Å². The smallest absolute Gasteiger partial charge is 0.160 e. The lowest BCUT2D eigenvalue weighted by atomic mass is 9.89. The van der Waals surface area contributed by atoms with Crippen LogP contribution in [0.5, 0.6) is 0 Å². The van der Waals surface area contributed by atoms with Gasteiger partial charge in [0.1, 0.15) is 5.76 Å². The second kappa shape index (κ2) is 8.02. The first-order chi connectivity index (χ1) is 12.7. The van der Waals surface area contributed by atoms with Crippen LogP contribution in [0.4, 0.5) is 0 Å². The minimum Gasteiger partial charge on any atom is -0.361 e. The molecule has 1 atom stereocenters. The monoisotopic (exact) mass is 378 g/mol. The standard InChI is InChI=1S/C21H34N2O4/c1-20(2,14-26-19-8-6-7-11-25-19)17-12-16(27-22-17)13-18(24)21(3,4)23(5)15-9-10-15/h12,15,19H,6-11,13-14H2,1-5H3. The maximum absolute atomic E-state index is 12.8. The Morgan fingerprint density at radius 2 is 2.00 bits per heavy atom. The summed E-state index contributed by atoms with van der Waals surface area (Å²) in [5, 5.41) is 4.22.